The van der Waals surface area contributed by atoms with E-state index in [0.717, 1.165) is 25.2 Å². The quantitative estimate of drug-likeness (QED) is 0.522. The number of fused-ring (bicyclic) bond motifs is 2. The summed E-state index contributed by atoms with van der Waals surface area (Å²) in [4.78, 5) is 11.3. The molecule has 1 atom stereocenters. The van der Waals surface area contributed by atoms with Crippen molar-refractivity contribution in [1.29, 1.82) is 0 Å². The lowest BCUT2D eigenvalue weighted by Crippen LogP contribution is -2.29. The van der Waals surface area contributed by atoms with Crippen molar-refractivity contribution in [3.05, 3.63) is 41.4 Å². The van der Waals surface area contributed by atoms with Crippen molar-refractivity contribution < 1.29 is 9.50 Å². The molecule has 0 aliphatic carbocycles. The Hall–Kier alpha value is -2.97. The molecule has 1 saturated heterocycles. The van der Waals surface area contributed by atoms with Crippen LogP contribution in [0, 0.1) is 5.82 Å². The fraction of sp³-hybridized carbons (Fsp3) is 0.286. The van der Waals surface area contributed by atoms with Gasteiger partial charge in [0.05, 0.1) is 22.6 Å². The van der Waals surface area contributed by atoms with Gasteiger partial charge in [0, 0.05) is 48.7 Å². The third-order valence-electron chi connectivity index (χ3n) is 5.66. The Bertz CT molecular complexity index is 1290. The van der Waals surface area contributed by atoms with Gasteiger partial charge in [-0.2, -0.15) is 5.10 Å². The number of nitrogens with one attached hydrogen (secondary N) is 1. The van der Waals surface area contributed by atoms with Gasteiger partial charge >= 0.3 is 0 Å². The Morgan fingerprint density at radius 3 is 2.90 bits per heavy atom. The van der Waals surface area contributed by atoms with Crippen LogP contribution in [0.1, 0.15) is 6.42 Å². The van der Waals surface area contributed by atoms with E-state index in [0.29, 0.717) is 33.2 Å². The molecule has 1 aromatic carbocycles. The summed E-state index contributed by atoms with van der Waals surface area (Å²) in [6.45, 7) is 1.85. The molecule has 7 nitrogen and oxygen atoms in total. The van der Waals surface area contributed by atoms with Gasteiger partial charge in [0.15, 0.2) is 17.2 Å². The molecule has 1 unspecified atom stereocenters. The minimum atomic E-state index is -0.780. The molecule has 0 bridgehead atoms. The van der Waals surface area contributed by atoms with Crippen LogP contribution >= 0.6 is 11.6 Å². The molecule has 30 heavy (non-hydrogen) atoms. The molecular formula is C21H20ClFN6O. The normalized spacial score (nSPS) is 16.8. The summed E-state index contributed by atoms with van der Waals surface area (Å²) in [5.41, 5.74) is 2.14. The van der Waals surface area contributed by atoms with E-state index in [1.807, 2.05) is 13.1 Å². The average Bonchev–Trinajstić information content (AvgIpc) is 3.36. The highest BCUT2D eigenvalue weighted by atomic mass is 35.5. The largest absolute Gasteiger partial charge is 0.504 e. The third kappa shape index (κ3) is 3.03. The Morgan fingerprint density at radius 2 is 2.13 bits per heavy atom. The first-order chi connectivity index (χ1) is 14.4. The molecule has 2 N–H and O–H groups in total. The highest BCUT2D eigenvalue weighted by Gasteiger charge is 2.23. The van der Waals surface area contributed by atoms with Crippen LogP contribution in [-0.2, 0) is 7.05 Å². The standard InChI is InChI=1S/C21H20ClFN6O/c1-24-12-3-4-29(10-12)13-6-14-16(22)7-17(26-21(14)25-8-13)15-5-11-9-28(2)27-19(11)18(23)20(15)30/h5-9,12,24,30H,3-4,10H2,1-2H3. The van der Waals surface area contributed by atoms with E-state index in [1.54, 1.807) is 31.6 Å². The summed E-state index contributed by atoms with van der Waals surface area (Å²) in [6.07, 6.45) is 4.53. The van der Waals surface area contributed by atoms with E-state index >= 15 is 0 Å². The molecule has 5 rings (SSSR count). The van der Waals surface area contributed by atoms with Crippen LogP contribution in [-0.4, -0.2) is 51.0 Å². The molecule has 154 valence electrons. The van der Waals surface area contributed by atoms with Crippen molar-refractivity contribution in [2.45, 2.75) is 12.5 Å². The van der Waals surface area contributed by atoms with Crippen molar-refractivity contribution in [2.24, 2.45) is 7.05 Å². The number of rotatable bonds is 3. The Labute approximate surface area is 177 Å². The minimum absolute atomic E-state index is 0.110. The zero-order chi connectivity index (χ0) is 21.0. The molecule has 1 aliphatic rings. The number of phenols is 1. The first kappa shape index (κ1) is 19.0. The predicted molar refractivity (Wildman–Crippen MR) is 116 cm³/mol. The number of aromatic nitrogens is 4. The molecule has 3 aromatic heterocycles. The molecule has 0 amide bonds. The maximum Gasteiger partial charge on any atom is 0.193 e. The van der Waals surface area contributed by atoms with Crippen molar-refractivity contribution in [3.8, 4) is 17.0 Å². The lowest BCUT2D eigenvalue weighted by atomic mass is 10.1. The molecule has 4 heterocycles. The van der Waals surface area contributed by atoms with Crippen LogP contribution in [0.15, 0.2) is 30.6 Å². The molecule has 9 heteroatoms. The van der Waals surface area contributed by atoms with Crippen molar-refractivity contribution in [1.82, 2.24) is 25.1 Å². The SMILES string of the molecule is CNC1CCN(c2cnc3nc(-c4cc5cn(C)nc5c(F)c4O)cc(Cl)c3c2)C1. The Morgan fingerprint density at radius 1 is 1.30 bits per heavy atom. The van der Waals surface area contributed by atoms with E-state index in [2.05, 4.69) is 25.3 Å². The predicted octanol–water partition coefficient (Wildman–Crippen LogP) is 3.48. The smallest absolute Gasteiger partial charge is 0.193 e. The van der Waals surface area contributed by atoms with Gasteiger partial charge in [0.1, 0.15) is 5.52 Å². The summed E-state index contributed by atoms with van der Waals surface area (Å²) in [6, 6.07) is 5.72. The van der Waals surface area contributed by atoms with Crippen LogP contribution in [0.4, 0.5) is 10.1 Å². The molecule has 0 radical (unpaired) electrons. The first-order valence-electron chi connectivity index (χ1n) is 9.68. The summed E-state index contributed by atoms with van der Waals surface area (Å²) in [5, 5.41) is 19.5. The summed E-state index contributed by atoms with van der Waals surface area (Å²) >= 11 is 6.56. The number of pyridine rings is 2. The Balaban J connectivity index is 1.59. The molecule has 1 fully saturated rings. The second-order valence-electron chi connectivity index (χ2n) is 7.60. The zero-order valence-electron chi connectivity index (χ0n) is 16.5. The van der Waals surface area contributed by atoms with Crippen LogP contribution in [0.5, 0.6) is 5.75 Å². The average molecular weight is 427 g/mol. The maximum atomic E-state index is 14.6. The zero-order valence-corrected chi connectivity index (χ0v) is 17.3. The van der Waals surface area contributed by atoms with Crippen molar-refractivity contribution in [2.75, 3.05) is 25.0 Å². The number of hydrogen-bond acceptors (Lipinski definition) is 6. The summed E-state index contributed by atoms with van der Waals surface area (Å²) in [5.74, 6) is -1.28. The van der Waals surface area contributed by atoms with E-state index in [4.69, 9.17) is 11.6 Å². The number of likely N-dealkylation sites (N-methyl/N-ethyl adjacent to an activating group) is 1. The van der Waals surface area contributed by atoms with E-state index in [-0.39, 0.29) is 11.1 Å². The lowest BCUT2D eigenvalue weighted by Gasteiger charge is -2.19. The summed E-state index contributed by atoms with van der Waals surface area (Å²) < 4.78 is 16.1. The van der Waals surface area contributed by atoms with Gasteiger partial charge in [0.25, 0.3) is 0 Å². The van der Waals surface area contributed by atoms with Crippen LogP contribution in [0.2, 0.25) is 5.02 Å². The highest BCUT2D eigenvalue weighted by Crippen LogP contribution is 2.38. The number of aryl methyl sites for hydroxylation is 1. The second kappa shape index (κ2) is 7.07. The van der Waals surface area contributed by atoms with Crippen molar-refractivity contribution in [3.63, 3.8) is 0 Å². The van der Waals surface area contributed by atoms with E-state index in [1.165, 1.54) is 4.68 Å². The molecular weight excluding hydrogens is 407 g/mol. The molecule has 0 saturated carbocycles. The fourth-order valence-corrected chi connectivity index (χ4v) is 4.27. The number of hydrogen-bond donors (Lipinski definition) is 2. The Kier molecular flexibility index (Phi) is 4.48. The molecule has 0 spiro atoms. The van der Waals surface area contributed by atoms with Crippen LogP contribution in [0.3, 0.4) is 0 Å². The number of benzene rings is 1. The first-order valence-corrected chi connectivity index (χ1v) is 10.1. The van der Waals surface area contributed by atoms with Crippen LogP contribution < -0.4 is 10.2 Å². The molecule has 1 aliphatic heterocycles. The van der Waals surface area contributed by atoms with Gasteiger partial charge in [-0.1, -0.05) is 11.6 Å². The number of nitrogens with zero attached hydrogens (tertiary/aromatic N) is 5. The maximum absolute atomic E-state index is 14.6. The van der Waals surface area contributed by atoms with Gasteiger partial charge in [-0.05, 0) is 31.7 Å². The fourth-order valence-electron chi connectivity index (χ4n) is 4.03. The number of phenolic OH excluding ortho intramolecular Hbond substituents is 1. The van der Waals surface area contributed by atoms with Gasteiger partial charge in [-0.15, -0.1) is 0 Å². The van der Waals surface area contributed by atoms with Gasteiger partial charge in [-0.3, -0.25) is 4.68 Å². The number of halogens is 2. The third-order valence-corrected chi connectivity index (χ3v) is 5.98. The topological polar surface area (TPSA) is 79.1 Å². The van der Waals surface area contributed by atoms with E-state index < -0.39 is 11.6 Å². The van der Waals surface area contributed by atoms with Crippen LogP contribution in [0.25, 0.3) is 33.2 Å². The second-order valence-corrected chi connectivity index (χ2v) is 8.01. The van der Waals surface area contributed by atoms with E-state index in [9.17, 15) is 9.50 Å². The molecule has 4 aromatic rings. The van der Waals surface area contributed by atoms with Gasteiger partial charge in [-0.25, -0.2) is 14.4 Å². The monoisotopic (exact) mass is 426 g/mol. The number of anilines is 1. The van der Waals surface area contributed by atoms with Gasteiger partial charge in [0.2, 0.25) is 0 Å². The lowest BCUT2D eigenvalue weighted by molar-refractivity contribution is 0.437. The number of aromatic hydroxyl groups is 1. The van der Waals surface area contributed by atoms with Crippen molar-refractivity contribution >= 4 is 39.2 Å². The highest BCUT2D eigenvalue weighted by molar-refractivity contribution is 6.35. The van der Waals surface area contributed by atoms with Gasteiger partial charge < -0.3 is 15.3 Å². The minimum Gasteiger partial charge on any atom is -0.504 e. The summed E-state index contributed by atoms with van der Waals surface area (Å²) in [7, 11) is 3.66.